The standard InChI is InChI=1S/C15H26N2O/c1-15(2,3)12-17(4)10-7-11-18-14-9-6-5-8-13(14)16/h5-6,8-9H,7,10-12,16H2,1-4H3. The van der Waals surface area contributed by atoms with E-state index >= 15 is 0 Å². The molecule has 0 aliphatic heterocycles. The largest absolute Gasteiger partial charge is 0.491 e. The molecule has 1 aromatic rings. The van der Waals surface area contributed by atoms with E-state index in [1.807, 2.05) is 24.3 Å². The van der Waals surface area contributed by atoms with Crippen LogP contribution in [-0.4, -0.2) is 31.6 Å². The van der Waals surface area contributed by atoms with Crippen LogP contribution in [-0.2, 0) is 0 Å². The molecule has 0 aromatic heterocycles. The lowest BCUT2D eigenvalue weighted by Crippen LogP contribution is -2.30. The van der Waals surface area contributed by atoms with Crippen LogP contribution in [0.25, 0.3) is 0 Å². The lowest BCUT2D eigenvalue weighted by molar-refractivity contribution is 0.207. The Morgan fingerprint density at radius 3 is 2.50 bits per heavy atom. The summed E-state index contributed by atoms with van der Waals surface area (Å²) in [6.07, 6.45) is 1.01. The van der Waals surface area contributed by atoms with Crippen molar-refractivity contribution in [1.29, 1.82) is 0 Å². The zero-order chi connectivity index (χ0) is 13.6. The van der Waals surface area contributed by atoms with Gasteiger partial charge in [0.15, 0.2) is 0 Å². The predicted octanol–water partition coefficient (Wildman–Crippen LogP) is 3.02. The number of hydrogen-bond acceptors (Lipinski definition) is 3. The first-order valence-electron chi connectivity index (χ1n) is 6.54. The highest BCUT2D eigenvalue weighted by Crippen LogP contribution is 2.19. The fourth-order valence-corrected chi connectivity index (χ4v) is 2.02. The van der Waals surface area contributed by atoms with E-state index in [1.165, 1.54) is 0 Å². The molecule has 0 aliphatic carbocycles. The van der Waals surface area contributed by atoms with Gasteiger partial charge in [0.25, 0.3) is 0 Å². The van der Waals surface area contributed by atoms with Crippen LogP contribution >= 0.6 is 0 Å². The number of nitrogens with zero attached hydrogens (tertiary/aromatic N) is 1. The number of para-hydroxylation sites is 2. The molecule has 0 amide bonds. The summed E-state index contributed by atoms with van der Waals surface area (Å²) < 4.78 is 5.67. The third-order valence-corrected chi connectivity index (χ3v) is 2.61. The van der Waals surface area contributed by atoms with E-state index in [4.69, 9.17) is 10.5 Å². The second-order valence-corrected chi connectivity index (χ2v) is 6.04. The van der Waals surface area contributed by atoms with Crippen LogP contribution in [0.2, 0.25) is 0 Å². The van der Waals surface area contributed by atoms with E-state index in [9.17, 15) is 0 Å². The van der Waals surface area contributed by atoms with Gasteiger partial charge in [-0.3, -0.25) is 0 Å². The molecule has 0 unspecified atom stereocenters. The zero-order valence-electron chi connectivity index (χ0n) is 12.1. The molecule has 18 heavy (non-hydrogen) atoms. The smallest absolute Gasteiger partial charge is 0.142 e. The maximum atomic E-state index is 5.81. The molecule has 0 radical (unpaired) electrons. The second kappa shape index (κ2) is 6.64. The van der Waals surface area contributed by atoms with Crippen LogP contribution < -0.4 is 10.5 Å². The van der Waals surface area contributed by atoms with Crippen molar-refractivity contribution in [3.8, 4) is 5.75 Å². The summed E-state index contributed by atoms with van der Waals surface area (Å²) in [4.78, 5) is 2.34. The maximum Gasteiger partial charge on any atom is 0.142 e. The fraction of sp³-hybridized carbons (Fsp3) is 0.600. The lowest BCUT2D eigenvalue weighted by Gasteiger charge is -2.26. The Balaban J connectivity index is 2.21. The molecule has 102 valence electrons. The molecular formula is C15H26N2O. The van der Waals surface area contributed by atoms with Crippen molar-refractivity contribution in [3.05, 3.63) is 24.3 Å². The van der Waals surface area contributed by atoms with E-state index in [-0.39, 0.29) is 0 Å². The van der Waals surface area contributed by atoms with Crippen molar-refractivity contribution in [2.45, 2.75) is 27.2 Å². The summed E-state index contributed by atoms with van der Waals surface area (Å²) in [5.74, 6) is 0.788. The van der Waals surface area contributed by atoms with E-state index in [0.29, 0.717) is 17.7 Å². The summed E-state index contributed by atoms with van der Waals surface area (Å²) >= 11 is 0. The van der Waals surface area contributed by atoms with Crippen molar-refractivity contribution in [1.82, 2.24) is 4.90 Å². The number of benzene rings is 1. The Morgan fingerprint density at radius 1 is 1.22 bits per heavy atom. The van der Waals surface area contributed by atoms with Gasteiger partial charge in [0.1, 0.15) is 5.75 Å². The van der Waals surface area contributed by atoms with Crippen molar-refractivity contribution < 1.29 is 4.74 Å². The average Bonchev–Trinajstić information content (AvgIpc) is 2.24. The molecule has 0 aliphatic rings. The Labute approximate surface area is 111 Å². The van der Waals surface area contributed by atoms with Crippen molar-refractivity contribution in [2.75, 3.05) is 32.5 Å². The molecule has 1 rings (SSSR count). The van der Waals surface area contributed by atoms with Crippen LogP contribution in [0.3, 0.4) is 0 Å². The summed E-state index contributed by atoms with van der Waals surface area (Å²) in [5.41, 5.74) is 6.87. The minimum absolute atomic E-state index is 0.347. The van der Waals surface area contributed by atoms with Crippen LogP contribution in [0, 0.1) is 5.41 Å². The number of nitrogens with two attached hydrogens (primary N) is 1. The molecule has 0 atom stereocenters. The zero-order valence-corrected chi connectivity index (χ0v) is 12.1. The van der Waals surface area contributed by atoms with Crippen LogP contribution in [0.15, 0.2) is 24.3 Å². The van der Waals surface area contributed by atoms with Gasteiger partial charge >= 0.3 is 0 Å². The molecule has 0 saturated carbocycles. The molecule has 3 heteroatoms. The molecule has 0 saturated heterocycles. The fourth-order valence-electron chi connectivity index (χ4n) is 2.02. The van der Waals surface area contributed by atoms with Gasteiger partial charge in [-0.15, -0.1) is 0 Å². The minimum atomic E-state index is 0.347. The Hall–Kier alpha value is -1.22. The molecule has 0 spiro atoms. The van der Waals surface area contributed by atoms with Crippen molar-refractivity contribution >= 4 is 5.69 Å². The van der Waals surface area contributed by atoms with Crippen molar-refractivity contribution in [3.63, 3.8) is 0 Å². The van der Waals surface area contributed by atoms with Gasteiger partial charge in [0.05, 0.1) is 12.3 Å². The number of ether oxygens (including phenoxy) is 1. The van der Waals surface area contributed by atoms with Crippen molar-refractivity contribution in [2.24, 2.45) is 5.41 Å². The third-order valence-electron chi connectivity index (χ3n) is 2.61. The number of hydrogen-bond donors (Lipinski definition) is 1. The maximum absolute atomic E-state index is 5.81. The number of nitrogen functional groups attached to an aromatic ring is 1. The number of rotatable bonds is 6. The normalized spacial score (nSPS) is 11.8. The molecular weight excluding hydrogens is 224 g/mol. The van der Waals surface area contributed by atoms with E-state index in [2.05, 4.69) is 32.7 Å². The van der Waals surface area contributed by atoms with Gasteiger partial charge in [-0.05, 0) is 31.0 Å². The minimum Gasteiger partial charge on any atom is -0.491 e. The first kappa shape index (κ1) is 14.8. The first-order valence-corrected chi connectivity index (χ1v) is 6.54. The summed E-state index contributed by atoms with van der Waals surface area (Å²) in [7, 11) is 2.15. The lowest BCUT2D eigenvalue weighted by atomic mass is 9.96. The highest BCUT2D eigenvalue weighted by molar-refractivity contribution is 5.51. The topological polar surface area (TPSA) is 38.5 Å². The Kier molecular flexibility index (Phi) is 5.48. The van der Waals surface area contributed by atoms with E-state index in [0.717, 1.165) is 25.3 Å². The van der Waals surface area contributed by atoms with Gasteiger partial charge < -0.3 is 15.4 Å². The molecule has 0 fully saturated rings. The SMILES string of the molecule is CN(CCCOc1ccccc1N)CC(C)(C)C. The van der Waals surface area contributed by atoms with Crippen LogP contribution in [0.1, 0.15) is 27.2 Å². The highest BCUT2D eigenvalue weighted by Gasteiger charge is 2.12. The monoisotopic (exact) mass is 250 g/mol. The predicted molar refractivity (Wildman–Crippen MR) is 77.9 cm³/mol. The quantitative estimate of drug-likeness (QED) is 0.623. The molecule has 0 heterocycles. The summed E-state index contributed by atoms with van der Waals surface area (Å²) in [5, 5.41) is 0. The van der Waals surface area contributed by atoms with Crippen LogP contribution in [0.4, 0.5) is 5.69 Å². The van der Waals surface area contributed by atoms with Gasteiger partial charge in [0, 0.05) is 13.1 Å². The highest BCUT2D eigenvalue weighted by atomic mass is 16.5. The second-order valence-electron chi connectivity index (χ2n) is 6.04. The van der Waals surface area contributed by atoms with Gasteiger partial charge in [0.2, 0.25) is 0 Å². The molecule has 2 N–H and O–H groups in total. The summed E-state index contributed by atoms with van der Waals surface area (Å²) in [6, 6.07) is 7.63. The van der Waals surface area contributed by atoms with E-state index in [1.54, 1.807) is 0 Å². The first-order chi connectivity index (χ1) is 8.38. The average molecular weight is 250 g/mol. The van der Waals surface area contributed by atoms with E-state index < -0.39 is 0 Å². The Morgan fingerprint density at radius 2 is 1.89 bits per heavy atom. The van der Waals surface area contributed by atoms with Gasteiger partial charge in [-0.2, -0.15) is 0 Å². The van der Waals surface area contributed by atoms with Gasteiger partial charge in [-0.25, -0.2) is 0 Å². The Bertz CT molecular complexity index is 358. The van der Waals surface area contributed by atoms with Gasteiger partial charge in [-0.1, -0.05) is 32.9 Å². The molecule has 0 bridgehead atoms. The number of anilines is 1. The molecule has 1 aromatic carbocycles. The molecule has 3 nitrogen and oxygen atoms in total. The van der Waals surface area contributed by atoms with Crippen LogP contribution in [0.5, 0.6) is 5.75 Å². The third kappa shape index (κ3) is 5.92. The summed E-state index contributed by atoms with van der Waals surface area (Å²) in [6.45, 7) is 9.62.